The first-order chi connectivity index (χ1) is 9.18. The largest absolute Gasteiger partial charge is 0.445 e. The summed E-state index contributed by atoms with van der Waals surface area (Å²) in [5.41, 5.74) is 0.966. The Hall–Kier alpha value is -1.55. The minimum Gasteiger partial charge on any atom is -0.445 e. The fourth-order valence-electron chi connectivity index (χ4n) is 2.50. The summed E-state index contributed by atoms with van der Waals surface area (Å²) in [5.74, 6) is 0. The lowest BCUT2D eigenvalue weighted by Gasteiger charge is -2.34. The van der Waals surface area contributed by atoms with Gasteiger partial charge in [0, 0.05) is 7.05 Å². The van der Waals surface area contributed by atoms with Gasteiger partial charge < -0.3 is 14.7 Å². The lowest BCUT2D eigenvalue weighted by molar-refractivity contribution is 0.0213. The molecule has 0 spiro atoms. The Labute approximate surface area is 114 Å². The Morgan fingerprint density at radius 1 is 1.32 bits per heavy atom. The van der Waals surface area contributed by atoms with Gasteiger partial charge in [0.2, 0.25) is 0 Å². The van der Waals surface area contributed by atoms with Crippen molar-refractivity contribution in [1.29, 1.82) is 0 Å². The van der Waals surface area contributed by atoms with Gasteiger partial charge >= 0.3 is 6.09 Å². The summed E-state index contributed by atoms with van der Waals surface area (Å²) in [4.78, 5) is 13.5. The van der Waals surface area contributed by atoms with Crippen LogP contribution < -0.4 is 0 Å². The van der Waals surface area contributed by atoms with Gasteiger partial charge in [-0.1, -0.05) is 43.2 Å². The third-order valence-corrected chi connectivity index (χ3v) is 3.68. The molecule has 0 radical (unpaired) electrons. The Kier molecular flexibility index (Phi) is 4.80. The Morgan fingerprint density at radius 3 is 2.68 bits per heavy atom. The van der Waals surface area contributed by atoms with Crippen LogP contribution >= 0.6 is 0 Å². The van der Waals surface area contributed by atoms with Crippen LogP contribution in [0.25, 0.3) is 0 Å². The predicted molar refractivity (Wildman–Crippen MR) is 72.7 cm³/mol. The molecule has 104 valence electrons. The Bertz CT molecular complexity index is 407. The normalized spacial score (nSPS) is 22.8. The molecule has 19 heavy (non-hydrogen) atoms. The maximum Gasteiger partial charge on any atom is 0.410 e. The summed E-state index contributed by atoms with van der Waals surface area (Å²) in [7, 11) is 1.70. The zero-order valence-electron chi connectivity index (χ0n) is 11.3. The molecule has 1 saturated carbocycles. The van der Waals surface area contributed by atoms with Gasteiger partial charge in [0.25, 0.3) is 0 Å². The molecule has 1 amide bonds. The number of benzene rings is 1. The molecule has 1 aromatic carbocycles. The van der Waals surface area contributed by atoms with Crippen molar-refractivity contribution >= 4 is 6.09 Å². The van der Waals surface area contributed by atoms with Crippen molar-refractivity contribution < 1.29 is 14.6 Å². The van der Waals surface area contributed by atoms with E-state index < -0.39 is 6.10 Å². The summed E-state index contributed by atoms with van der Waals surface area (Å²) in [6, 6.07) is 9.48. The van der Waals surface area contributed by atoms with Crippen LogP contribution in [0.15, 0.2) is 30.3 Å². The number of ether oxygens (including phenoxy) is 1. The summed E-state index contributed by atoms with van der Waals surface area (Å²) >= 11 is 0. The molecule has 0 bridgehead atoms. The maximum atomic E-state index is 12.0. The fourth-order valence-corrected chi connectivity index (χ4v) is 2.50. The number of hydrogen-bond donors (Lipinski definition) is 1. The summed E-state index contributed by atoms with van der Waals surface area (Å²) < 4.78 is 5.27. The second-order valence-corrected chi connectivity index (χ2v) is 5.07. The van der Waals surface area contributed by atoms with Crippen molar-refractivity contribution in [3.05, 3.63) is 35.9 Å². The lowest BCUT2D eigenvalue weighted by atomic mass is 9.92. The summed E-state index contributed by atoms with van der Waals surface area (Å²) in [5, 5.41) is 9.92. The van der Waals surface area contributed by atoms with Crippen LogP contribution in [0.1, 0.15) is 31.2 Å². The second-order valence-electron chi connectivity index (χ2n) is 5.07. The fraction of sp³-hybridized carbons (Fsp3) is 0.533. The number of aliphatic hydroxyl groups excluding tert-OH is 1. The minimum absolute atomic E-state index is 0.114. The van der Waals surface area contributed by atoms with E-state index in [0.29, 0.717) is 0 Å². The molecule has 1 aromatic rings. The van der Waals surface area contributed by atoms with E-state index in [2.05, 4.69) is 0 Å². The molecular formula is C15H21NO3. The first-order valence-corrected chi connectivity index (χ1v) is 6.80. The van der Waals surface area contributed by atoms with E-state index in [-0.39, 0.29) is 18.7 Å². The first kappa shape index (κ1) is 13.9. The predicted octanol–water partition coefficient (Wildman–Crippen LogP) is 2.56. The second kappa shape index (κ2) is 6.57. The number of hydrogen-bond acceptors (Lipinski definition) is 3. The molecule has 4 nitrogen and oxygen atoms in total. The van der Waals surface area contributed by atoms with Crippen molar-refractivity contribution in [2.24, 2.45) is 0 Å². The molecule has 1 aliphatic rings. The van der Waals surface area contributed by atoms with Gasteiger partial charge in [0.1, 0.15) is 6.61 Å². The van der Waals surface area contributed by atoms with Crippen LogP contribution in [0.4, 0.5) is 4.79 Å². The molecule has 2 rings (SSSR count). The number of rotatable bonds is 3. The molecule has 0 saturated heterocycles. The average Bonchev–Trinajstić information content (AvgIpc) is 2.45. The van der Waals surface area contributed by atoms with Crippen molar-refractivity contribution in [3.8, 4) is 0 Å². The maximum absolute atomic E-state index is 12.0. The van der Waals surface area contributed by atoms with Gasteiger partial charge in [-0.2, -0.15) is 0 Å². The van der Waals surface area contributed by atoms with Gasteiger partial charge in [-0.05, 0) is 18.4 Å². The van der Waals surface area contributed by atoms with Crippen LogP contribution in [0, 0.1) is 0 Å². The van der Waals surface area contributed by atoms with Crippen molar-refractivity contribution in [2.75, 3.05) is 7.05 Å². The molecule has 0 aromatic heterocycles. The van der Waals surface area contributed by atoms with Crippen LogP contribution in [0.3, 0.4) is 0 Å². The highest BCUT2D eigenvalue weighted by Gasteiger charge is 2.30. The van der Waals surface area contributed by atoms with E-state index in [1.807, 2.05) is 30.3 Å². The molecule has 0 unspecified atom stereocenters. The third kappa shape index (κ3) is 3.70. The molecule has 1 aliphatic carbocycles. The number of likely N-dealkylation sites (N-methyl/N-ethyl adjacent to an activating group) is 1. The standard InChI is InChI=1S/C15H21NO3/c1-16(13-9-5-6-10-14(13)17)15(18)19-11-12-7-3-2-4-8-12/h2-4,7-8,13-14,17H,5-6,9-11H2,1H3/t13-,14-/m1/s1. The number of amides is 1. The van der Waals surface area contributed by atoms with E-state index in [1.54, 1.807) is 7.05 Å². The van der Waals surface area contributed by atoms with Crippen LogP contribution in [-0.2, 0) is 11.3 Å². The van der Waals surface area contributed by atoms with Gasteiger partial charge in [0.15, 0.2) is 0 Å². The monoisotopic (exact) mass is 263 g/mol. The van der Waals surface area contributed by atoms with Crippen molar-refractivity contribution in [1.82, 2.24) is 4.90 Å². The summed E-state index contributed by atoms with van der Waals surface area (Å²) in [6.07, 6.45) is 2.90. The van der Waals surface area contributed by atoms with Crippen molar-refractivity contribution in [3.63, 3.8) is 0 Å². The zero-order chi connectivity index (χ0) is 13.7. The molecule has 1 N–H and O–H groups in total. The number of carbonyl (C=O) groups is 1. The number of nitrogens with zero attached hydrogens (tertiary/aromatic N) is 1. The molecule has 2 atom stereocenters. The molecule has 1 fully saturated rings. The number of carbonyl (C=O) groups excluding carboxylic acids is 1. The zero-order valence-corrected chi connectivity index (χ0v) is 11.3. The van der Waals surface area contributed by atoms with E-state index in [9.17, 15) is 9.90 Å². The van der Waals surface area contributed by atoms with Crippen LogP contribution in [0.2, 0.25) is 0 Å². The lowest BCUT2D eigenvalue weighted by Crippen LogP contribution is -2.46. The van der Waals surface area contributed by atoms with E-state index >= 15 is 0 Å². The van der Waals surface area contributed by atoms with E-state index in [0.717, 1.165) is 31.2 Å². The van der Waals surface area contributed by atoms with Crippen LogP contribution in [-0.4, -0.2) is 35.3 Å². The van der Waals surface area contributed by atoms with Crippen molar-refractivity contribution in [2.45, 2.75) is 44.4 Å². The molecular weight excluding hydrogens is 242 g/mol. The third-order valence-electron chi connectivity index (χ3n) is 3.68. The Balaban J connectivity index is 1.85. The highest BCUT2D eigenvalue weighted by Crippen LogP contribution is 2.22. The highest BCUT2D eigenvalue weighted by molar-refractivity contribution is 5.67. The average molecular weight is 263 g/mol. The molecule has 0 heterocycles. The number of aliphatic hydroxyl groups is 1. The van der Waals surface area contributed by atoms with Gasteiger partial charge in [0.05, 0.1) is 12.1 Å². The Morgan fingerprint density at radius 2 is 2.00 bits per heavy atom. The van der Waals surface area contributed by atoms with Crippen LogP contribution in [0.5, 0.6) is 0 Å². The smallest absolute Gasteiger partial charge is 0.410 e. The SMILES string of the molecule is CN(C(=O)OCc1ccccc1)[C@@H]1CCCC[C@H]1O. The van der Waals surface area contributed by atoms with Gasteiger partial charge in [-0.3, -0.25) is 0 Å². The van der Waals surface area contributed by atoms with Gasteiger partial charge in [-0.15, -0.1) is 0 Å². The highest BCUT2D eigenvalue weighted by atomic mass is 16.6. The van der Waals surface area contributed by atoms with Gasteiger partial charge in [-0.25, -0.2) is 4.79 Å². The first-order valence-electron chi connectivity index (χ1n) is 6.80. The molecule has 4 heteroatoms. The topological polar surface area (TPSA) is 49.8 Å². The quantitative estimate of drug-likeness (QED) is 0.911. The van der Waals surface area contributed by atoms with E-state index in [1.165, 1.54) is 4.90 Å². The van der Waals surface area contributed by atoms with E-state index in [4.69, 9.17) is 4.74 Å². The molecule has 0 aliphatic heterocycles. The summed E-state index contributed by atoms with van der Waals surface area (Å²) in [6.45, 7) is 0.271. The minimum atomic E-state index is -0.428.